The lowest BCUT2D eigenvalue weighted by molar-refractivity contribution is 0.0657. The van der Waals surface area contributed by atoms with Gasteiger partial charge < -0.3 is 19.5 Å². The van der Waals surface area contributed by atoms with Crippen LogP contribution >= 0.6 is 0 Å². The summed E-state index contributed by atoms with van der Waals surface area (Å²) >= 11 is 0. The highest BCUT2D eigenvalue weighted by molar-refractivity contribution is 5.91. The average Bonchev–Trinajstić information content (AvgIpc) is 3.43. The van der Waals surface area contributed by atoms with Crippen molar-refractivity contribution < 1.29 is 9.21 Å². The van der Waals surface area contributed by atoms with E-state index in [2.05, 4.69) is 15.2 Å². The molecule has 0 aromatic carbocycles. The molecule has 0 radical (unpaired) electrons. The minimum absolute atomic E-state index is 0.0196. The average molecular weight is 358 g/mol. The predicted molar refractivity (Wildman–Crippen MR) is 101 cm³/mol. The first kappa shape index (κ1) is 17.4. The first-order valence-corrected chi connectivity index (χ1v) is 10.0. The molecule has 0 spiro atoms. The lowest BCUT2D eigenvalue weighted by Crippen LogP contribution is -2.53. The van der Waals surface area contributed by atoms with Gasteiger partial charge in [0.05, 0.1) is 6.26 Å². The van der Waals surface area contributed by atoms with E-state index in [4.69, 9.17) is 4.42 Å². The molecule has 6 heteroatoms. The van der Waals surface area contributed by atoms with E-state index in [1.54, 1.807) is 18.4 Å². The number of amides is 1. The normalized spacial score (nSPS) is 28.7. The zero-order valence-electron chi connectivity index (χ0n) is 15.7. The maximum atomic E-state index is 12.4. The Bertz CT molecular complexity index is 634. The highest BCUT2D eigenvalue weighted by atomic mass is 16.3. The topological polar surface area (TPSA) is 61.1 Å². The second-order valence-corrected chi connectivity index (χ2v) is 7.95. The van der Waals surface area contributed by atoms with Crippen molar-refractivity contribution in [3.8, 4) is 0 Å². The largest absolute Gasteiger partial charge is 0.459 e. The van der Waals surface area contributed by atoms with Crippen LogP contribution in [0.4, 0.5) is 0 Å². The van der Waals surface area contributed by atoms with Gasteiger partial charge in [-0.1, -0.05) is 6.42 Å². The zero-order chi connectivity index (χ0) is 17.9. The fraction of sp³-hybridized carbons (Fsp3) is 0.700. The van der Waals surface area contributed by atoms with Gasteiger partial charge in [0, 0.05) is 39.8 Å². The summed E-state index contributed by atoms with van der Waals surface area (Å²) in [7, 11) is 1.85. The Morgan fingerprint density at radius 1 is 1.23 bits per heavy atom. The van der Waals surface area contributed by atoms with Crippen molar-refractivity contribution in [3.05, 3.63) is 24.2 Å². The minimum Gasteiger partial charge on any atom is -0.459 e. The second-order valence-electron chi connectivity index (χ2n) is 7.95. The number of fused-ring (bicyclic) bond motifs is 2. The van der Waals surface area contributed by atoms with Crippen molar-refractivity contribution in [1.82, 2.24) is 15.1 Å². The Balaban J connectivity index is 1.22. The van der Waals surface area contributed by atoms with Crippen LogP contribution in [0.2, 0.25) is 0 Å². The van der Waals surface area contributed by atoms with Crippen molar-refractivity contribution >= 4 is 11.9 Å². The Hall–Kier alpha value is -1.98. The van der Waals surface area contributed by atoms with E-state index in [0.29, 0.717) is 18.8 Å². The fourth-order valence-electron chi connectivity index (χ4n) is 5.11. The minimum atomic E-state index is -0.0196. The molecule has 1 aromatic rings. The van der Waals surface area contributed by atoms with Gasteiger partial charge in [-0.3, -0.25) is 9.79 Å². The van der Waals surface area contributed by atoms with Crippen LogP contribution in [0, 0.1) is 17.8 Å². The monoisotopic (exact) mass is 358 g/mol. The number of nitrogens with one attached hydrogen (secondary N) is 1. The van der Waals surface area contributed by atoms with Crippen LogP contribution in [-0.4, -0.2) is 61.4 Å². The van der Waals surface area contributed by atoms with Crippen LogP contribution < -0.4 is 5.32 Å². The van der Waals surface area contributed by atoms with Gasteiger partial charge >= 0.3 is 0 Å². The summed E-state index contributed by atoms with van der Waals surface area (Å²) in [5, 5.41) is 3.55. The third-order valence-electron chi connectivity index (χ3n) is 6.49. The molecule has 3 aliphatic rings. The number of hydrogen-bond donors (Lipinski definition) is 1. The number of guanidine groups is 1. The molecular formula is C20H30N4O2. The predicted octanol–water partition coefficient (Wildman–Crippen LogP) is 2.44. The summed E-state index contributed by atoms with van der Waals surface area (Å²) < 4.78 is 5.23. The van der Waals surface area contributed by atoms with Crippen molar-refractivity contribution in [2.24, 2.45) is 22.7 Å². The maximum Gasteiger partial charge on any atom is 0.289 e. The summed E-state index contributed by atoms with van der Waals surface area (Å²) in [4.78, 5) is 20.9. The van der Waals surface area contributed by atoms with Gasteiger partial charge in [0.25, 0.3) is 5.91 Å². The number of furan rings is 1. The van der Waals surface area contributed by atoms with E-state index in [0.717, 1.165) is 43.3 Å². The van der Waals surface area contributed by atoms with Gasteiger partial charge in [-0.2, -0.15) is 0 Å². The summed E-state index contributed by atoms with van der Waals surface area (Å²) in [5.41, 5.74) is 0. The Kier molecular flexibility index (Phi) is 5.18. The first-order valence-electron chi connectivity index (χ1n) is 10.0. The Morgan fingerprint density at radius 3 is 2.65 bits per heavy atom. The molecule has 6 nitrogen and oxygen atoms in total. The molecule has 142 valence electrons. The van der Waals surface area contributed by atoms with Crippen molar-refractivity contribution in [1.29, 1.82) is 0 Å². The third-order valence-corrected chi connectivity index (χ3v) is 6.49. The van der Waals surface area contributed by atoms with Crippen molar-refractivity contribution in [3.63, 3.8) is 0 Å². The molecule has 4 rings (SSSR count). The van der Waals surface area contributed by atoms with Crippen molar-refractivity contribution in [2.45, 2.75) is 32.1 Å². The van der Waals surface area contributed by atoms with E-state index >= 15 is 0 Å². The second kappa shape index (κ2) is 7.72. The fourth-order valence-corrected chi connectivity index (χ4v) is 5.11. The summed E-state index contributed by atoms with van der Waals surface area (Å²) in [6, 6.07) is 3.48. The van der Waals surface area contributed by atoms with Gasteiger partial charge in [0.15, 0.2) is 11.7 Å². The number of piperazine rings is 1. The Labute approximate surface area is 155 Å². The van der Waals surface area contributed by atoms with Gasteiger partial charge in [-0.05, 0) is 55.6 Å². The smallest absolute Gasteiger partial charge is 0.289 e. The van der Waals surface area contributed by atoms with Crippen LogP contribution in [0.5, 0.6) is 0 Å². The molecular weight excluding hydrogens is 328 g/mol. The summed E-state index contributed by atoms with van der Waals surface area (Å²) in [5.74, 6) is 4.30. The summed E-state index contributed by atoms with van der Waals surface area (Å²) in [6.07, 6.45) is 8.65. The number of carbonyl (C=O) groups excluding carboxylic acids is 1. The maximum absolute atomic E-state index is 12.4. The lowest BCUT2D eigenvalue weighted by Gasteiger charge is -2.36. The molecule has 3 atom stereocenters. The van der Waals surface area contributed by atoms with E-state index in [1.807, 2.05) is 11.9 Å². The van der Waals surface area contributed by atoms with Crippen LogP contribution in [0.1, 0.15) is 42.7 Å². The number of carbonyl (C=O) groups is 1. The molecule has 1 amide bonds. The molecule has 2 aliphatic carbocycles. The van der Waals surface area contributed by atoms with Crippen molar-refractivity contribution in [2.75, 3.05) is 39.8 Å². The molecule has 2 saturated carbocycles. The van der Waals surface area contributed by atoms with Gasteiger partial charge in [-0.15, -0.1) is 0 Å². The van der Waals surface area contributed by atoms with Gasteiger partial charge in [0.2, 0.25) is 0 Å². The molecule has 2 heterocycles. The lowest BCUT2D eigenvalue weighted by atomic mass is 9.86. The quantitative estimate of drug-likeness (QED) is 0.663. The van der Waals surface area contributed by atoms with Crippen LogP contribution in [0.15, 0.2) is 27.8 Å². The molecule has 3 fully saturated rings. The highest BCUT2D eigenvalue weighted by Gasteiger charge is 2.38. The van der Waals surface area contributed by atoms with Gasteiger partial charge in [0.1, 0.15) is 0 Å². The van der Waals surface area contributed by atoms with Crippen LogP contribution in [-0.2, 0) is 0 Å². The van der Waals surface area contributed by atoms with Crippen LogP contribution in [0.3, 0.4) is 0 Å². The first-order chi connectivity index (χ1) is 12.7. The zero-order valence-corrected chi connectivity index (χ0v) is 15.7. The SMILES string of the molecule is CN=C(NCCC1CC2CCC1C2)N1CCN(C(=O)c2ccco2)CC1. The molecule has 26 heavy (non-hydrogen) atoms. The number of nitrogens with zero attached hydrogens (tertiary/aromatic N) is 3. The molecule has 3 unspecified atom stereocenters. The van der Waals surface area contributed by atoms with Gasteiger partial charge in [-0.25, -0.2) is 0 Å². The van der Waals surface area contributed by atoms with E-state index in [9.17, 15) is 4.79 Å². The molecule has 2 bridgehead atoms. The molecule has 1 aliphatic heterocycles. The molecule has 1 saturated heterocycles. The summed E-state index contributed by atoms with van der Waals surface area (Å²) in [6.45, 7) is 4.02. The van der Waals surface area contributed by atoms with E-state index in [-0.39, 0.29) is 5.91 Å². The van der Waals surface area contributed by atoms with Crippen LogP contribution in [0.25, 0.3) is 0 Å². The number of hydrogen-bond acceptors (Lipinski definition) is 3. The number of rotatable bonds is 4. The standard InChI is InChI=1S/C20H30N4O2/c1-21-20(22-7-6-17-14-15-4-5-16(17)13-15)24-10-8-23(9-11-24)19(25)18-3-2-12-26-18/h2-3,12,15-17H,4-11,13-14H2,1H3,(H,21,22). The molecule has 1 N–H and O–H groups in total. The van der Waals surface area contributed by atoms with E-state index in [1.165, 1.54) is 32.1 Å². The third kappa shape index (κ3) is 3.60. The highest BCUT2D eigenvalue weighted by Crippen LogP contribution is 2.49. The molecule has 1 aromatic heterocycles. The number of aliphatic imine (C=N–C) groups is 1. The van der Waals surface area contributed by atoms with E-state index < -0.39 is 0 Å². The Morgan fingerprint density at radius 2 is 2.04 bits per heavy atom.